The van der Waals surface area contributed by atoms with Crippen molar-refractivity contribution in [2.24, 2.45) is 11.1 Å². The summed E-state index contributed by atoms with van der Waals surface area (Å²) >= 11 is 1.43. The Kier molecular flexibility index (Phi) is 4.05. The van der Waals surface area contributed by atoms with Crippen LogP contribution in [0.4, 0.5) is 0 Å². The van der Waals surface area contributed by atoms with Gasteiger partial charge in [0.15, 0.2) is 0 Å². The van der Waals surface area contributed by atoms with Gasteiger partial charge in [0.1, 0.15) is 4.88 Å². The van der Waals surface area contributed by atoms with Crippen molar-refractivity contribution in [3.05, 3.63) is 21.9 Å². The van der Waals surface area contributed by atoms with Crippen LogP contribution in [0.25, 0.3) is 0 Å². The number of carbonyl (C=O) groups is 1. The number of carbonyl (C=O) groups excluding carboxylic acids is 1. The summed E-state index contributed by atoms with van der Waals surface area (Å²) in [5.74, 6) is 5.71. The van der Waals surface area contributed by atoms with Crippen molar-refractivity contribution in [2.75, 3.05) is 13.1 Å². The van der Waals surface area contributed by atoms with Gasteiger partial charge in [-0.1, -0.05) is 18.8 Å². The molecule has 1 heterocycles. The van der Waals surface area contributed by atoms with Crippen LogP contribution < -0.4 is 11.1 Å². The number of hydrogen-bond donors (Lipinski definition) is 2. The van der Waals surface area contributed by atoms with Gasteiger partial charge in [-0.05, 0) is 36.1 Å². The molecule has 1 aliphatic rings. The van der Waals surface area contributed by atoms with Crippen molar-refractivity contribution < 1.29 is 4.79 Å². The van der Waals surface area contributed by atoms with Crippen LogP contribution in [0, 0.1) is 17.3 Å². The molecule has 1 saturated carbocycles. The van der Waals surface area contributed by atoms with Crippen molar-refractivity contribution >= 4 is 17.2 Å². The molecular formula is C14H18N2OS. The van der Waals surface area contributed by atoms with Gasteiger partial charge in [-0.2, -0.15) is 0 Å². The summed E-state index contributed by atoms with van der Waals surface area (Å²) in [5.41, 5.74) is 6.50. The first-order valence-electron chi connectivity index (χ1n) is 6.25. The lowest BCUT2D eigenvalue weighted by atomic mass is 10.0. The van der Waals surface area contributed by atoms with Crippen LogP contribution in [-0.2, 0) is 0 Å². The SMILES string of the molecule is CCC1(CNC(=O)c2sccc2C#CCN)CC1. The molecule has 4 heteroatoms. The molecule has 18 heavy (non-hydrogen) atoms. The third kappa shape index (κ3) is 2.92. The highest BCUT2D eigenvalue weighted by Crippen LogP contribution is 2.47. The molecule has 96 valence electrons. The second-order valence-corrected chi connectivity index (χ2v) is 5.62. The van der Waals surface area contributed by atoms with E-state index in [1.54, 1.807) is 0 Å². The molecule has 0 aliphatic heterocycles. The smallest absolute Gasteiger partial charge is 0.262 e. The average Bonchev–Trinajstić information content (AvgIpc) is 3.03. The first kappa shape index (κ1) is 13.1. The Bertz CT molecular complexity index is 491. The van der Waals surface area contributed by atoms with Crippen LogP contribution in [0.5, 0.6) is 0 Å². The molecule has 0 unspecified atom stereocenters. The quantitative estimate of drug-likeness (QED) is 0.815. The van der Waals surface area contributed by atoms with E-state index >= 15 is 0 Å². The number of hydrogen-bond acceptors (Lipinski definition) is 3. The molecule has 1 aliphatic carbocycles. The van der Waals surface area contributed by atoms with Crippen LogP contribution in [0.2, 0.25) is 0 Å². The Morgan fingerprint density at radius 2 is 2.39 bits per heavy atom. The van der Waals surface area contributed by atoms with Crippen molar-refractivity contribution in [2.45, 2.75) is 26.2 Å². The summed E-state index contributed by atoms with van der Waals surface area (Å²) in [6.07, 6.45) is 3.60. The summed E-state index contributed by atoms with van der Waals surface area (Å²) in [7, 11) is 0. The molecule has 1 fully saturated rings. The molecule has 1 aromatic heterocycles. The third-order valence-electron chi connectivity index (χ3n) is 3.53. The maximum absolute atomic E-state index is 12.1. The second kappa shape index (κ2) is 5.55. The van der Waals surface area contributed by atoms with E-state index in [9.17, 15) is 4.79 Å². The van der Waals surface area contributed by atoms with Crippen LogP contribution >= 0.6 is 11.3 Å². The highest BCUT2D eigenvalue weighted by molar-refractivity contribution is 7.12. The lowest BCUT2D eigenvalue weighted by molar-refractivity contribution is 0.0948. The van der Waals surface area contributed by atoms with Crippen LogP contribution in [-0.4, -0.2) is 19.0 Å². The normalized spacial score (nSPS) is 15.7. The minimum Gasteiger partial charge on any atom is -0.351 e. The molecular weight excluding hydrogens is 244 g/mol. The first-order chi connectivity index (χ1) is 8.71. The third-order valence-corrected chi connectivity index (χ3v) is 4.44. The largest absolute Gasteiger partial charge is 0.351 e. The monoisotopic (exact) mass is 262 g/mol. The van der Waals surface area contributed by atoms with Crippen molar-refractivity contribution in [1.29, 1.82) is 0 Å². The zero-order valence-electron chi connectivity index (χ0n) is 10.6. The lowest BCUT2D eigenvalue weighted by Crippen LogP contribution is -2.29. The highest BCUT2D eigenvalue weighted by Gasteiger charge is 2.40. The molecule has 1 aromatic rings. The topological polar surface area (TPSA) is 55.1 Å². The van der Waals surface area contributed by atoms with E-state index in [-0.39, 0.29) is 5.91 Å². The maximum Gasteiger partial charge on any atom is 0.262 e. The van der Waals surface area contributed by atoms with Gasteiger partial charge in [-0.25, -0.2) is 0 Å². The number of rotatable bonds is 4. The van der Waals surface area contributed by atoms with E-state index in [1.165, 1.54) is 24.2 Å². The van der Waals surface area contributed by atoms with E-state index in [4.69, 9.17) is 5.73 Å². The Balaban J connectivity index is 1.98. The maximum atomic E-state index is 12.1. The fourth-order valence-corrected chi connectivity index (χ4v) is 2.68. The van der Waals surface area contributed by atoms with Crippen molar-refractivity contribution in [1.82, 2.24) is 5.32 Å². The molecule has 0 spiro atoms. The van der Waals surface area contributed by atoms with Crippen molar-refractivity contribution in [3.63, 3.8) is 0 Å². The Morgan fingerprint density at radius 1 is 1.61 bits per heavy atom. The minimum absolute atomic E-state index is 0.00829. The first-order valence-corrected chi connectivity index (χ1v) is 7.13. The molecule has 0 bridgehead atoms. The molecule has 1 amide bonds. The van der Waals surface area contributed by atoms with Gasteiger partial charge in [0.2, 0.25) is 0 Å². The molecule has 3 nitrogen and oxygen atoms in total. The average molecular weight is 262 g/mol. The molecule has 0 radical (unpaired) electrons. The van der Waals surface area contributed by atoms with Crippen LogP contribution in [0.15, 0.2) is 11.4 Å². The van der Waals surface area contributed by atoms with Gasteiger partial charge >= 0.3 is 0 Å². The lowest BCUT2D eigenvalue weighted by Gasteiger charge is -2.12. The van der Waals surface area contributed by atoms with E-state index in [0.29, 0.717) is 16.8 Å². The van der Waals surface area contributed by atoms with Gasteiger partial charge in [-0.15, -0.1) is 11.3 Å². The number of amides is 1. The second-order valence-electron chi connectivity index (χ2n) is 4.71. The van der Waals surface area contributed by atoms with Gasteiger partial charge in [0.05, 0.1) is 6.54 Å². The highest BCUT2D eigenvalue weighted by atomic mass is 32.1. The standard InChI is InChI=1S/C14H18N2OS/c1-2-14(6-7-14)10-16-13(17)12-11(4-3-8-15)5-9-18-12/h5,9H,2,6-8,10,15H2,1H3,(H,16,17). The zero-order valence-corrected chi connectivity index (χ0v) is 11.4. The summed E-state index contributed by atoms with van der Waals surface area (Å²) in [4.78, 5) is 12.8. The molecule has 0 saturated heterocycles. The Morgan fingerprint density at radius 3 is 3.00 bits per heavy atom. The van der Waals surface area contributed by atoms with Crippen LogP contribution in [0.1, 0.15) is 41.4 Å². The Hall–Kier alpha value is -1.31. The van der Waals surface area contributed by atoms with Crippen LogP contribution in [0.3, 0.4) is 0 Å². The van der Waals surface area contributed by atoms with E-state index in [0.717, 1.165) is 18.5 Å². The zero-order chi connectivity index (χ0) is 13.0. The summed E-state index contributed by atoms with van der Waals surface area (Å²) < 4.78 is 0. The van der Waals surface area contributed by atoms with E-state index in [1.807, 2.05) is 11.4 Å². The summed E-state index contributed by atoms with van der Waals surface area (Å²) in [5, 5.41) is 4.92. The Labute approximate surface area is 112 Å². The molecule has 0 aromatic carbocycles. The fraction of sp³-hybridized carbons (Fsp3) is 0.500. The summed E-state index contributed by atoms with van der Waals surface area (Å²) in [6.45, 7) is 3.28. The molecule has 2 rings (SSSR count). The fourth-order valence-electron chi connectivity index (χ4n) is 1.91. The summed E-state index contributed by atoms with van der Waals surface area (Å²) in [6, 6.07) is 1.87. The predicted molar refractivity (Wildman–Crippen MR) is 74.5 cm³/mol. The number of nitrogens with one attached hydrogen (secondary N) is 1. The minimum atomic E-state index is -0.00829. The molecule has 3 N–H and O–H groups in total. The van der Waals surface area contributed by atoms with E-state index < -0.39 is 0 Å². The number of nitrogens with two attached hydrogens (primary N) is 1. The van der Waals surface area contributed by atoms with Gasteiger partial charge < -0.3 is 11.1 Å². The number of thiophene rings is 1. The van der Waals surface area contributed by atoms with Crippen molar-refractivity contribution in [3.8, 4) is 11.8 Å². The predicted octanol–water partition coefficient (Wildman–Crippen LogP) is 1.98. The van der Waals surface area contributed by atoms with Gasteiger partial charge in [0.25, 0.3) is 5.91 Å². The van der Waals surface area contributed by atoms with E-state index in [2.05, 4.69) is 24.1 Å². The van der Waals surface area contributed by atoms with Gasteiger partial charge in [-0.3, -0.25) is 4.79 Å². The molecule has 0 atom stereocenters. The van der Waals surface area contributed by atoms with Gasteiger partial charge in [0, 0.05) is 12.1 Å².